The van der Waals surface area contributed by atoms with Gasteiger partial charge in [0.15, 0.2) is 0 Å². The molecule has 1 fully saturated rings. The second kappa shape index (κ2) is 6.62. The number of benzene rings is 1. The molecule has 3 aromatic rings. The van der Waals surface area contributed by atoms with Crippen molar-refractivity contribution in [1.82, 2.24) is 29.6 Å². The third kappa shape index (κ3) is 3.27. The van der Waals surface area contributed by atoms with Gasteiger partial charge in [0.2, 0.25) is 0 Å². The third-order valence-corrected chi connectivity index (χ3v) is 4.29. The topological polar surface area (TPSA) is 69.0 Å². The van der Waals surface area contributed by atoms with Gasteiger partial charge in [-0.3, -0.25) is 9.58 Å². The SMILES string of the molecule is Cc1nc(CN2CCOC(Cn3cncn3)C2)nc2ccccc12. The molecule has 3 heterocycles. The van der Waals surface area contributed by atoms with E-state index < -0.39 is 0 Å². The average Bonchev–Trinajstić information content (AvgIpc) is 3.08. The maximum absolute atomic E-state index is 5.84. The fraction of sp³-hybridized carbons (Fsp3) is 0.412. The Balaban J connectivity index is 1.46. The monoisotopic (exact) mass is 324 g/mol. The van der Waals surface area contributed by atoms with Crippen LogP contribution in [0.5, 0.6) is 0 Å². The van der Waals surface area contributed by atoms with Crippen LogP contribution >= 0.6 is 0 Å². The van der Waals surface area contributed by atoms with E-state index in [4.69, 9.17) is 9.72 Å². The zero-order valence-corrected chi connectivity index (χ0v) is 13.7. The summed E-state index contributed by atoms with van der Waals surface area (Å²) in [4.78, 5) is 15.7. The molecule has 0 bridgehead atoms. The summed E-state index contributed by atoms with van der Waals surface area (Å²) in [6.45, 7) is 5.95. The highest BCUT2D eigenvalue weighted by atomic mass is 16.5. The predicted octanol–water partition coefficient (Wildman–Crippen LogP) is 1.43. The Bertz CT molecular complexity index is 819. The first-order valence-corrected chi connectivity index (χ1v) is 8.16. The molecular weight excluding hydrogens is 304 g/mol. The Labute approximate surface area is 140 Å². The fourth-order valence-corrected chi connectivity index (χ4v) is 3.14. The van der Waals surface area contributed by atoms with Gasteiger partial charge in [0.05, 0.1) is 31.3 Å². The zero-order valence-electron chi connectivity index (χ0n) is 13.7. The summed E-state index contributed by atoms with van der Waals surface area (Å²) in [7, 11) is 0. The molecule has 1 atom stereocenters. The van der Waals surface area contributed by atoms with Crippen LogP contribution in [-0.2, 0) is 17.8 Å². The number of hydrogen-bond donors (Lipinski definition) is 0. The molecule has 1 unspecified atom stereocenters. The Hall–Kier alpha value is -2.38. The van der Waals surface area contributed by atoms with Crippen molar-refractivity contribution in [2.45, 2.75) is 26.1 Å². The first kappa shape index (κ1) is 15.2. The summed E-state index contributed by atoms with van der Waals surface area (Å²) in [6, 6.07) is 8.15. The Morgan fingerprint density at radius 3 is 3.04 bits per heavy atom. The molecule has 0 amide bonds. The molecule has 1 aromatic carbocycles. The van der Waals surface area contributed by atoms with Crippen LogP contribution in [-0.4, -0.2) is 55.4 Å². The number of nitrogens with zero attached hydrogens (tertiary/aromatic N) is 6. The molecule has 24 heavy (non-hydrogen) atoms. The number of morpholine rings is 1. The van der Waals surface area contributed by atoms with E-state index in [1.807, 2.05) is 29.8 Å². The zero-order chi connectivity index (χ0) is 16.4. The van der Waals surface area contributed by atoms with Gasteiger partial charge in [-0.05, 0) is 13.0 Å². The lowest BCUT2D eigenvalue weighted by Crippen LogP contribution is -2.44. The van der Waals surface area contributed by atoms with Crippen molar-refractivity contribution >= 4 is 10.9 Å². The van der Waals surface area contributed by atoms with Crippen molar-refractivity contribution < 1.29 is 4.74 Å². The number of para-hydroxylation sites is 1. The quantitative estimate of drug-likeness (QED) is 0.723. The molecule has 0 saturated carbocycles. The van der Waals surface area contributed by atoms with Crippen LogP contribution < -0.4 is 0 Å². The normalized spacial score (nSPS) is 19.0. The van der Waals surface area contributed by atoms with Crippen LogP contribution in [0.25, 0.3) is 10.9 Å². The lowest BCUT2D eigenvalue weighted by molar-refractivity contribution is -0.0409. The molecule has 1 saturated heterocycles. The van der Waals surface area contributed by atoms with Gasteiger partial charge in [0.1, 0.15) is 18.5 Å². The van der Waals surface area contributed by atoms with Crippen molar-refractivity contribution in [3.8, 4) is 0 Å². The maximum Gasteiger partial charge on any atom is 0.143 e. The molecule has 4 rings (SSSR count). The lowest BCUT2D eigenvalue weighted by Gasteiger charge is -2.32. The number of aryl methyl sites for hydroxylation is 1. The molecule has 0 aliphatic carbocycles. The van der Waals surface area contributed by atoms with E-state index in [9.17, 15) is 0 Å². The number of fused-ring (bicyclic) bond motifs is 1. The number of ether oxygens (including phenoxy) is 1. The summed E-state index contributed by atoms with van der Waals surface area (Å²) in [5, 5.41) is 5.27. The van der Waals surface area contributed by atoms with E-state index in [-0.39, 0.29) is 6.10 Å². The summed E-state index contributed by atoms with van der Waals surface area (Å²) in [5.74, 6) is 0.868. The molecule has 7 nitrogen and oxygen atoms in total. The van der Waals surface area contributed by atoms with Crippen LogP contribution in [0, 0.1) is 6.92 Å². The first-order chi connectivity index (χ1) is 11.8. The van der Waals surface area contributed by atoms with Gasteiger partial charge in [-0.2, -0.15) is 5.10 Å². The standard InChI is InChI=1S/C17H20N6O/c1-13-15-4-2-3-5-16(15)21-17(20-13)10-22-6-7-24-14(8-22)9-23-12-18-11-19-23/h2-5,11-12,14H,6-10H2,1H3. The van der Waals surface area contributed by atoms with Gasteiger partial charge in [-0.15, -0.1) is 0 Å². The predicted molar refractivity (Wildman–Crippen MR) is 89.3 cm³/mol. The third-order valence-electron chi connectivity index (χ3n) is 4.29. The molecule has 7 heteroatoms. The minimum absolute atomic E-state index is 0.113. The van der Waals surface area contributed by atoms with Crippen LogP contribution in [0.3, 0.4) is 0 Å². The second-order valence-corrected chi connectivity index (χ2v) is 6.09. The summed E-state index contributed by atoms with van der Waals surface area (Å²) >= 11 is 0. The van der Waals surface area contributed by atoms with Crippen molar-refractivity contribution in [3.63, 3.8) is 0 Å². The molecule has 0 radical (unpaired) electrons. The minimum Gasteiger partial charge on any atom is -0.374 e. The number of aromatic nitrogens is 5. The van der Waals surface area contributed by atoms with E-state index in [0.29, 0.717) is 13.2 Å². The van der Waals surface area contributed by atoms with Crippen LogP contribution in [0.1, 0.15) is 11.5 Å². The Kier molecular flexibility index (Phi) is 4.18. The fourth-order valence-electron chi connectivity index (χ4n) is 3.14. The Morgan fingerprint density at radius 2 is 2.17 bits per heavy atom. The molecule has 0 spiro atoms. The van der Waals surface area contributed by atoms with E-state index >= 15 is 0 Å². The van der Waals surface area contributed by atoms with Crippen LogP contribution in [0.4, 0.5) is 0 Å². The van der Waals surface area contributed by atoms with E-state index in [1.54, 1.807) is 12.7 Å². The van der Waals surface area contributed by atoms with Crippen molar-refractivity contribution in [3.05, 3.63) is 48.4 Å². The summed E-state index contributed by atoms with van der Waals surface area (Å²) < 4.78 is 7.65. The van der Waals surface area contributed by atoms with Crippen molar-refractivity contribution in [2.75, 3.05) is 19.7 Å². The van der Waals surface area contributed by atoms with E-state index in [2.05, 4.69) is 26.0 Å². The second-order valence-electron chi connectivity index (χ2n) is 6.09. The van der Waals surface area contributed by atoms with Gasteiger partial charge < -0.3 is 4.74 Å². The molecule has 1 aliphatic rings. The number of rotatable bonds is 4. The van der Waals surface area contributed by atoms with Gasteiger partial charge in [0.25, 0.3) is 0 Å². The Morgan fingerprint density at radius 1 is 1.25 bits per heavy atom. The maximum atomic E-state index is 5.84. The lowest BCUT2D eigenvalue weighted by atomic mass is 10.2. The highest BCUT2D eigenvalue weighted by Gasteiger charge is 2.22. The molecule has 124 valence electrons. The number of hydrogen-bond acceptors (Lipinski definition) is 6. The molecule has 2 aromatic heterocycles. The summed E-state index contributed by atoms with van der Waals surface area (Å²) in [6.07, 6.45) is 3.38. The van der Waals surface area contributed by atoms with Gasteiger partial charge in [0, 0.05) is 24.2 Å². The minimum atomic E-state index is 0.113. The highest BCUT2D eigenvalue weighted by molar-refractivity contribution is 5.80. The van der Waals surface area contributed by atoms with Crippen molar-refractivity contribution in [1.29, 1.82) is 0 Å². The van der Waals surface area contributed by atoms with Crippen molar-refractivity contribution in [2.24, 2.45) is 0 Å². The van der Waals surface area contributed by atoms with Crippen LogP contribution in [0.2, 0.25) is 0 Å². The van der Waals surface area contributed by atoms with Gasteiger partial charge in [-0.25, -0.2) is 15.0 Å². The largest absolute Gasteiger partial charge is 0.374 e. The van der Waals surface area contributed by atoms with Crippen LogP contribution in [0.15, 0.2) is 36.9 Å². The van der Waals surface area contributed by atoms with Gasteiger partial charge >= 0.3 is 0 Å². The van der Waals surface area contributed by atoms with E-state index in [1.165, 1.54) is 0 Å². The highest BCUT2D eigenvalue weighted by Crippen LogP contribution is 2.16. The average molecular weight is 324 g/mol. The summed E-state index contributed by atoms with van der Waals surface area (Å²) in [5.41, 5.74) is 2.04. The first-order valence-electron chi connectivity index (χ1n) is 8.16. The molecule has 1 aliphatic heterocycles. The molecular formula is C17H20N6O. The van der Waals surface area contributed by atoms with E-state index in [0.717, 1.165) is 42.1 Å². The van der Waals surface area contributed by atoms with Gasteiger partial charge in [-0.1, -0.05) is 18.2 Å². The smallest absolute Gasteiger partial charge is 0.143 e. The molecule has 0 N–H and O–H groups in total.